The number of rotatable bonds is 1. The molecular formula is C16H11N3O. The first-order chi connectivity index (χ1) is 9.74. The number of nitrogens with zero attached hydrogens (tertiary/aromatic N) is 3. The van der Waals surface area contributed by atoms with Gasteiger partial charge in [-0.1, -0.05) is 30.3 Å². The van der Waals surface area contributed by atoms with Gasteiger partial charge in [-0.05, 0) is 17.7 Å². The Morgan fingerprint density at radius 1 is 1.15 bits per heavy atom. The van der Waals surface area contributed by atoms with E-state index in [0.717, 1.165) is 5.56 Å². The van der Waals surface area contributed by atoms with Crippen LogP contribution in [0.25, 0.3) is 22.0 Å². The molecule has 0 saturated carbocycles. The molecule has 0 atom stereocenters. The van der Waals surface area contributed by atoms with Gasteiger partial charge in [0.25, 0.3) is 5.56 Å². The summed E-state index contributed by atoms with van der Waals surface area (Å²) < 4.78 is 1.38. The molecule has 96 valence electrons. The molecule has 3 aromatic rings. The summed E-state index contributed by atoms with van der Waals surface area (Å²) in [4.78, 5) is 16.6. The van der Waals surface area contributed by atoms with Crippen LogP contribution in [-0.4, -0.2) is 9.55 Å². The van der Waals surface area contributed by atoms with E-state index in [-0.39, 0.29) is 5.56 Å². The van der Waals surface area contributed by atoms with Crippen molar-refractivity contribution in [1.82, 2.24) is 9.55 Å². The van der Waals surface area contributed by atoms with Crippen molar-refractivity contribution in [3.05, 3.63) is 64.7 Å². The molecule has 0 aliphatic rings. The molecule has 0 N–H and O–H groups in total. The molecule has 0 aliphatic heterocycles. The van der Waals surface area contributed by atoms with E-state index in [1.165, 1.54) is 4.57 Å². The van der Waals surface area contributed by atoms with E-state index in [1.807, 2.05) is 30.3 Å². The Labute approximate surface area is 115 Å². The minimum Gasteiger partial charge on any atom is -0.302 e. The molecule has 0 radical (unpaired) electrons. The largest absolute Gasteiger partial charge is 0.302 e. The van der Waals surface area contributed by atoms with Gasteiger partial charge in [-0.15, -0.1) is 0 Å². The van der Waals surface area contributed by atoms with Crippen LogP contribution in [0.1, 0.15) is 5.69 Å². The number of hydrogen-bond donors (Lipinski definition) is 0. The fraction of sp³-hybridized carbons (Fsp3) is 0.0625. The molecule has 2 heterocycles. The quantitative estimate of drug-likeness (QED) is 0.676. The Kier molecular flexibility index (Phi) is 2.81. The number of pyridine rings is 2. The molecule has 0 fully saturated rings. The highest BCUT2D eigenvalue weighted by atomic mass is 16.1. The summed E-state index contributed by atoms with van der Waals surface area (Å²) >= 11 is 0. The first-order valence-corrected chi connectivity index (χ1v) is 6.17. The summed E-state index contributed by atoms with van der Waals surface area (Å²) in [5.74, 6) is 0. The highest BCUT2D eigenvalue weighted by molar-refractivity contribution is 5.95. The fourth-order valence-electron chi connectivity index (χ4n) is 2.35. The van der Waals surface area contributed by atoms with Gasteiger partial charge in [0.05, 0.1) is 10.9 Å². The Hall–Kier alpha value is -2.93. The number of benzene rings is 1. The Morgan fingerprint density at radius 3 is 2.60 bits per heavy atom. The van der Waals surface area contributed by atoms with Gasteiger partial charge in [0.2, 0.25) is 0 Å². The second-order valence-electron chi connectivity index (χ2n) is 4.47. The molecule has 20 heavy (non-hydrogen) atoms. The molecule has 0 bridgehead atoms. The zero-order valence-electron chi connectivity index (χ0n) is 10.9. The summed E-state index contributed by atoms with van der Waals surface area (Å²) in [5.41, 5.74) is 2.27. The van der Waals surface area contributed by atoms with Crippen molar-refractivity contribution in [2.75, 3.05) is 0 Å². The van der Waals surface area contributed by atoms with Gasteiger partial charge in [0, 0.05) is 18.8 Å². The zero-order chi connectivity index (χ0) is 14.1. The highest BCUT2D eigenvalue weighted by Crippen LogP contribution is 2.28. The smallest absolute Gasteiger partial charge is 0.260 e. The SMILES string of the molecule is Cn1c(C#N)c(-c2ccccc2)c2ncccc2c1=O. The number of nitriles is 1. The molecule has 0 unspecified atom stereocenters. The standard InChI is InChI=1S/C16H11N3O/c1-19-13(10-17)14(11-6-3-2-4-7-11)15-12(16(19)20)8-5-9-18-15/h2-9H,1H3. The summed E-state index contributed by atoms with van der Waals surface area (Å²) in [6.45, 7) is 0. The van der Waals surface area contributed by atoms with E-state index in [2.05, 4.69) is 11.1 Å². The molecule has 0 spiro atoms. The first-order valence-electron chi connectivity index (χ1n) is 6.17. The van der Waals surface area contributed by atoms with Crippen molar-refractivity contribution in [3.63, 3.8) is 0 Å². The lowest BCUT2D eigenvalue weighted by atomic mass is 10.0. The number of hydrogen-bond acceptors (Lipinski definition) is 3. The Balaban J connectivity index is 2.57. The molecule has 0 amide bonds. The van der Waals surface area contributed by atoms with Crippen molar-refractivity contribution < 1.29 is 0 Å². The monoisotopic (exact) mass is 261 g/mol. The molecule has 2 aromatic heterocycles. The first kappa shape index (κ1) is 12.1. The van der Waals surface area contributed by atoms with Crippen molar-refractivity contribution in [3.8, 4) is 17.2 Å². The van der Waals surface area contributed by atoms with Crippen LogP contribution < -0.4 is 5.56 Å². The third-order valence-corrected chi connectivity index (χ3v) is 3.32. The van der Waals surface area contributed by atoms with Gasteiger partial charge in [-0.25, -0.2) is 0 Å². The number of aromatic nitrogens is 2. The van der Waals surface area contributed by atoms with Crippen molar-refractivity contribution in [1.29, 1.82) is 5.26 Å². The van der Waals surface area contributed by atoms with Gasteiger partial charge < -0.3 is 4.57 Å². The van der Waals surface area contributed by atoms with E-state index >= 15 is 0 Å². The van der Waals surface area contributed by atoms with Crippen LogP contribution in [0.3, 0.4) is 0 Å². The van der Waals surface area contributed by atoms with E-state index in [1.54, 1.807) is 25.4 Å². The van der Waals surface area contributed by atoms with E-state index in [0.29, 0.717) is 22.2 Å². The molecule has 3 rings (SSSR count). The lowest BCUT2D eigenvalue weighted by Gasteiger charge is -2.11. The summed E-state index contributed by atoms with van der Waals surface area (Å²) in [5, 5.41) is 9.93. The number of fused-ring (bicyclic) bond motifs is 1. The molecule has 0 saturated heterocycles. The van der Waals surface area contributed by atoms with Crippen molar-refractivity contribution >= 4 is 10.9 Å². The maximum absolute atomic E-state index is 12.3. The van der Waals surface area contributed by atoms with Gasteiger partial charge in [-0.2, -0.15) is 5.26 Å². The molecule has 4 heteroatoms. The van der Waals surface area contributed by atoms with Crippen LogP contribution in [0.15, 0.2) is 53.5 Å². The Bertz CT molecular complexity index is 889. The van der Waals surface area contributed by atoms with Gasteiger partial charge in [0.1, 0.15) is 11.8 Å². The average molecular weight is 261 g/mol. The van der Waals surface area contributed by atoms with Crippen LogP contribution >= 0.6 is 0 Å². The van der Waals surface area contributed by atoms with Gasteiger partial charge >= 0.3 is 0 Å². The zero-order valence-corrected chi connectivity index (χ0v) is 10.9. The van der Waals surface area contributed by atoms with E-state index < -0.39 is 0 Å². The third-order valence-electron chi connectivity index (χ3n) is 3.32. The molecule has 4 nitrogen and oxygen atoms in total. The van der Waals surface area contributed by atoms with Crippen LogP contribution in [-0.2, 0) is 7.05 Å². The Morgan fingerprint density at radius 2 is 1.90 bits per heavy atom. The van der Waals surface area contributed by atoms with E-state index in [9.17, 15) is 10.1 Å². The fourth-order valence-corrected chi connectivity index (χ4v) is 2.35. The lowest BCUT2D eigenvalue weighted by molar-refractivity contribution is 0.855. The third kappa shape index (κ3) is 1.69. The van der Waals surface area contributed by atoms with Crippen molar-refractivity contribution in [2.45, 2.75) is 0 Å². The van der Waals surface area contributed by atoms with Crippen LogP contribution in [0.5, 0.6) is 0 Å². The summed E-state index contributed by atoms with van der Waals surface area (Å²) in [6.07, 6.45) is 1.63. The van der Waals surface area contributed by atoms with Crippen LogP contribution in [0.2, 0.25) is 0 Å². The second kappa shape index (κ2) is 4.63. The van der Waals surface area contributed by atoms with E-state index in [4.69, 9.17) is 0 Å². The summed E-state index contributed by atoms with van der Waals surface area (Å²) in [7, 11) is 1.61. The second-order valence-corrected chi connectivity index (χ2v) is 4.47. The highest BCUT2D eigenvalue weighted by Gasteiger charge is 2.16. The van der Waals surface area contributed by atoms with Crippen LogP contribution in [0, 0.1) is 11.3 Å². The predicted molar refractivity (Wildman–Crippen MR) is 77.1 cm³/mol. The van der Waals surface area contributed by atoms with Crippen molar-refractivity contribution in [2.24, 2.45) is 7.05 Å². The normalized spacial score (nSPS) is 10.4. The topological polar surface area (TPSA) is 58.7 Å². The summed E-state index contributed by atoms with van der Waals surface area (Å²) in [6, 6.07) is 15.1. The lowest BCUT2D eigenvalue weighted by Crippen LogP contribution is -2.21. The molecule has 1 aromatic carbocycles. The predicted octanol–water partition coefficient (Wildman–Crippen LogP) is 2.47. The minimum atomic E-state index is -0.204. The molecular weight excluding hydrogens is 250 g/mol. The molecule has 0 aliphatic carbocycles. The maximum Gasteiger partial charge on any atom is 0.260 e. The van der Waals surface area contributed by atoms with Gasteiger partial charge in [-0.3, -0.25) is 9.78 Å². The maximum atomic E-state index is 12.3. The minimum absolute atomic E-state index is 0.204. The van der Waals surface area contributed by atoms with Gasteiger partial charge in [0.15, 0.2) is 0 Å². The average Bonchev–Trinajstić information content (AvgIpc) is 2.51. The van der Waals surface area contributed by atoms with Crippen LogP contribution in [0.4, 0.5) is 0 Å².